The Morgan fingerprint density at radius 3 is 2.29 bits per heavy atom. The molecule has 1 aliphatic carbocycles. The molecule has 2 N–H and O–H groups in total. The maximum absolute atomic E-state index is 12.2. The zero-order valence-electron chi connectivity index (χ0n) is 10.5. The van der Waals surface area contributed by atoms with E-state index in [0.29, 0.717) is 12.8 Å². The van der Waals surface area contributed by atoms with Gasteiger partial charge in [-0.2, -0.15) is 0 Å². The zero-order valence-corrected chi connectivity index (χ0v) is 10.5. The van der Waals surface area contributed by atoms with E-state index in [1.54, 1.807) is 0 Å². The smallest absolute Gasteiger partial charge is 0.325 e. The van der Waals surface area contributed by atoms with Gasteiger partial charge in [0, 0.05) is 0 Å². The van der Waals surface area contributed by atoms with Gasteiger partial charge >= 0.3 is 6.03 Å². The number of β-amino-alcohol motifs (C(OH)–C–C–N with tert-alkyl or cyclic N) is 1. The summed E-state index contributed by atoms with van der Waals surface area (Å²) in [7, 11) is 0. The van der Waals surface area contributed by atoms with Crippen molar-refractivity contribution in [2.45, 2.75) is 57.1 Å². The van der Waals surface area contributed by atoms with E-state index in [1.807, 2.05) is 13.8 Å². The van der Waals surface area contributed by atoms with Gasteiger partial charge in [0.25, 0.3) is 5.91 Å². The van der Waals surface area contributed by atoms with Gasteiger partial charge in [-0.15, -0.1) is 0 Å². The highest BCUT2D eigenvalue weighted by Gasteiger charge is 2.55. The Bertz CT molecular complexity index is 346. The van der Waals surface area contributed by atoms with E-state index in [9.17, 15) is 14.7 Å². The van der Waals surface area contributed by atoms with Crippen LogP contribution in [0.15, 0.2) is 0 Å². The fourth-order valence-electron chi connectivity index (χ4n) is 2.46. The van der Waals surface area contributed by atoms with E-state index >= 15 is 0 Å². The Balaban J connectivity index is 2.11. The van der Waals surface area contributed by atoms with Gasteiger partial charge in [-0.25, -0.2) is 4.79 Å². The van der Waals surface area contributed by atoms with Crippen molar-refractivity contribution in [2.24, 2.45) is 0 Å². The van der Waals surface area contributed by atoms with Crippen molar-refractivity contribution < 1.29 is 14.7 Å². The van der Waals surface area contributed by atoms with Gasteiger partial charge in [0.1, 0.15) is 5.54 Å². The van der Waals surface area contributed by atoms with Gasteiger partial charge in [0.2, 0.25) is 0 Å². The van der Waals surface area contributed by atoms with E-state index in [0.717, 1.165) is 19.3 Å². The number of rotatable bonds is 4. The van der Waals surface area contributed by atoms with Crippen LogP contribution in [0.4, 0.5) is 4.79 Å². The van der Waals surface area contributed by atoms with Gasteiger partial charge in [0.05, 0.1) is 12.1 Å². The Labute approximate surface area is 101 Å². The van der Waals surface area contributed by atoms with Gasteiger partial charge in [-0.3, -0.25) is 9.69 Å². The number of carbonyl (C=O) groups excluding carboxylic acids is 2. The molecule has 1 saturated heterocycles. The molecular weight excluding hydrogens is 220 g/mol. The highest BCUT2D eigenvalue weighted by Crippen LogP contribution is 2.37. The lowest BCUT2D eigenvalue weighted by molar-refractivity contribution is -0.136. The van der Waals surface area contributed by atoms with Crippen molar-refractivity contribution in [2.75, 3.05) is 6.54 Å². The molecule has 0 atom stereocenters. The van der Waals surface area contributed by atoms with Crippen molar-refractivity contribution >= 4 is 11.9 Å². The second-order valence-corrected chi connectivity index (χ2v) is 5.19. The van der Waals surface area contributed by atoms with Crippen LogP contribution in [0.1, 0.15) is 46.0 Å². The number of nitrogens with one attached hydrogen (secondary N) is 1. The summed E-state index contributed by atoms with van der Waals surface area (Å²) >= 11 is 0. The topological polar surface area (TPSA) is 69.6 Å². The molecule has 3 amide bonds. The predicted molar refractivity (Wildman–Crippen MR) is 62.4 cm³/mol. The van der Waals surface area contributed by atoms with Crippen LogP contribution in [-0.2, 0) is 4.79 Å². The van der Waals surface area contributed by atoms with Crippen molar-refractivity contribution in [3.05, 3.63) is 0 Å². The van der Waals surface area contributed by atoms with Crippen LogP contribution in [0.25, 0.3) is 0 Å². The minimum atomic E-state index is -0.956. The van der Waals surface area contributed by atoms with Crippen molar-refractivity contribution in [3.63, 3.8) is 0 Å². The first kappa shape index (κ1) is 12.4. The number of aliphatic hydroxyl groups is 1. The van der Waals surface area contributed by atoms with Crippen molar-refractivity contribution in [1.82, 2.24) is 10.2 Å². The molecule has 2 fully saturated rings. The molecule has 1 saturated carbocycles. The molecular formula is C12H20N2O3. The molecule has 0 radical (unpaired) electrons. The summed E-state index contributed by atoms with van der Waals surface area (Å²) in [5.74, 6) is -0.158. The quantitative estimate of drug-likeness (QED) is 0.721. The van der Waals surface area contributed by atoms with E-state index in [2.05, 4.69) is 5.32 Å². The first-order chi connectivity index (χ1) is 7.96. The summed E-state index contributed by atoms with van der Waals surface area (Å²) in [6, 6.07) is -0.352. The van der Waals surface area contributed by atoms with Crippen LogP contribution in [0.2, 0.25) is 0 Å². The maximum Gasteiger partial charge on any atom is 0.325 e. The standard InChI is InChI=1S/C12H20N2O3/c1-3-11(17,4-2)8-14-9(15)12(6-5-7-12)13-10(14)16/h17H,3-8H2,1-2H3,(H,13,16). The lowest BCUT2D eigenvalue weighted by Gasteiger charge is -2.35. The van der Waals surface area contributed by atoms with Gasteiger partial charge in [-0.05, 0) is 32.1 Å². The molecule has 2 aliphatic rings. The van der Waals surface area contributed by atoms with Gasteiger partial charge < -0.3 is 10.4 Å². The Kier molecular flexibility index (Phi) is 2.89. The zero-order chi connectivity index (χ0) is 12.7. The van der Waals surface area contributed by atoms with E-state index in [-0.39, 0.29) is 18.5 Å². The Hall–Kier alpha value is -1.10. The molecule has 2 rings (SSSR count). The van der Waals surface area contributed by atoms with Crippen molar-refractivity contribution in [1.29, 1.82) is 0 Å². The third-order valence-corrected chi connectivity index (χ3v) is 4.22. The normalized spacial score (nSPS) is 22.9. The van der Waals surface area contributed by atoms with Crippen LogP contribution in [-0.4, -0.2) is 39.6 Å². The van der Waals surface area contributed by atoms with Crippen LogP contribution >= 0.6 is 0 Å². The fraction of sp³-hybridized carbons (Fsp3) is 0.833. The first-order valence-corrected chi connectivity index (χ1v) is 6.33. The summed E-state index contributed by atoms with van der Waals surface area (Å²) in [4.78, 5) is 25.1. The van der Waals surface area contributed by atoms with Gasteiger partial charge in [-0.1, -0.05) is 13.8 Å². The molecule has 1 heterocycles. The minimum Gasteiger partial charge on any atom is -0.388 e. The minimum absolute atomic E-state index is 0.104. The molecule has 0 aromatic heterocycles. The summed E-state index contributed by atoms with van der Waals surface area (Å²) in [5.41, 5.74) is -1.60. The highest BCUT2D eigenvalue weighted by molar-refractivity contribution is 6.07. The van der Waals surface area contributed by atoms with Crippen LogP contribution in [0.5, 0.6) is 0 Å². The summed E-state index contributed by atoms with van der Waals surface area (Å²) in [5, 5.41) is 13.0. The highest BCUT2D eigenvalue weighted by atomic mass is 16.3. The third-order valence-electron chi connectivity index (χ3n) is 4.22. The average Bonchev–Trinajstić information content (AvgIpc) is 2.53. The SMILES string of the molecule is CCC(O)(CC)CN1C(=O)NC2(CCC2)C1=O. The molecule has 1 spiro atoms. The average molecular weight is 240 g/mol. The summed E-state index contributed by atoms with van der Waals surface area (Å²) in [6.45, 7) is 3.83. The van der Waals surface area contributed by atoms with Crippen LogP contribution < -0.4 is 5.32 Å². The molecule has 0 aromatic rings. The number of imide groups is 1. The molecule has 96 valence electrons. The molecule has 5 heteroatoms. The van der Waals surface area contributed by atoms with Crippen LogP contribution in [0, 0.1) is 0 Å². The Morgan fingerprint density at radius 1 is 1.35 bits per heavy atom. The number of carbonyl (C=O) groups is 2. The second kappa shape index (κ2) is 3.98. The summed E-state index contributed by atoms with van der Waals surface area (Å²) in [6.07, 6.45) is 3.50. The van der Waals surface area contributed by atoms with Crippen molar-refractivity contribution in [3.8, 4) is 0 Å². The molecule has 1 aliphatic heterocycles. The maximum atomic E-state index is 12.2. The van der Waals surface area contributed by atoms with Gasteiger partial charge in [0.15, 0.2) is 0 Å². The lowest BCUT2D eigenvalue weighted by Crippen LogP contribution is -2.53. The molecule has 5 nitrogen and oxygen atoms in total. The van der Waals surface area contributed by atoms with E-state index in [1.165, 1.54) is 4.90 Å². The van der Waals surface area contributed by atoms with E-state index < -0.39 is 11.1 Å². The molecule has 17 heavy (non-hydrogen) atoms. The number of hydrogen-bond acceptors (Lipinski definition) is 3. The molecule has 0 unspecified atom stereocenters. The number of nitrogens with zero attached hydrogens (tertiary/aromatic N) is 1. The number of amides is 3. The number of hydrogen-bond donors (Lipinski definition) is 2. The first-order valence-electron chi connectivity index (χ1n) is 6.33. The Morgan fingerprint density at radius 2 is 1.94 bits per heavy atom. The lowest BCUT2D eigenvalue weighted by atomic mass is 9.77. The largest absolute Gasteiger partial charge is 0.388 e. The monoisotopic (exact) mass is 240 g/mol. The molecule has 0 bridgehead atoms. The third kappa shape index (κ3) is 1.82. The number of urea groups is 1. The van der Waals surface area contributed by atoms with E-state index in [4.69, 9.17) is 0 Å². The summed E-state index contributed by atoms with van der Waals surface area (Å²) < 4.78 is 0. The van der Waals surface area contributed by atoms with Crippen LogP contribution in [0.3, 0.4) is 0 Å². The predicted octanol–water partition coefficient (Wildman–Crippen LogP) is 1.01. The second-order valence-electron chi connectivity index (χ2n) is 5.19. The molecule has 0 aromatic carbocycles. The fourth-order valence-corrected chi connectivity index (χ4v) is 2.46.